The number of nitrogens with one attached hydrogen (secondary N) is 1. The Morgan fingerprint density at radius 3 is 3.27 bits per heavy atom. The lowest BCUT2D eigenvalue weighted by Crippen LogP contribution is -2.37. The average molecular weight is 321 g/mol. The summed E-state index contributed by atoms with van der Waals surface area (Å²) in [5, 5.41) is 4.65. The quantitative estimate of drug-likeness (QED) is 0.912. The molecule has 3 rings (SSSR count). The van der Waals surface area contributed by atoms with Crippen LogP contribution in [-0.4, -0.2) is 34.0 Å². The molecule has 1 amide bonds. The molecule has 0 aromatic carbocycles. The smallest absolute Gasteiger partial charge is 0.271 e. The van der Waals surface area contributed by atoms with E-state index in [9.17, 15) is 9.59 Å². The van der Waals surface area contributed by atoms with Gasteiger partial charge in [0.15, 0.2) is 4.96 Å². The third-order valence-corrected chi connectivity index (χ3v) is 4.68. The number of nitrogens with zero attached hydrogens (tertiary/aromatic N) is 2. The minimum Gasteiger partial charge on any atom is -0.378 e. The molecule has 2 aromatic rings. The maximum atomic E-state index is 12.2. The molecule has 0 bridgehead atoms. The molecule has 22 heavy (non-hydrogen) atoms. The topological polar surface area (TPSA) is 72.7 Å². The van der Waals surface area contributed by atoms with Gasteiger partial charge in [0, 0.05) is 30.4 Å². The largest absolute Gasteiger partial charge is 0.378 e. The van der Waals surface area contributed by atoms with E-state index in [2.05, 4.69) is 10.3 Å². The van der Waals surface area contributed by atoms with E-state index in [0.29, 0.717) is 11.1 Å². The zero-order valence-electron chi connectivity index (χ0n) is 12.4. The third kappa shape index (κ3) is 3.20. The fourth-order valence-electron chi connectivity index (χ4n) is 2.66. The summed E-state index contributed by atoms with van der Waals surface area (Å²) in [6, 6.07) is -0.000674. The summed E-state index contributed by atoms with van der Waals surface area (Å²) in [4.78, 5) is 29.2. The van der Waals surface area contributed by atoms with Crippen LogP contribution in [0.1, 0.15) is 43.0 Å². The normalized spacial score (nSPS) is 19.4. The highest BCUT2D eigenvalue weighted by Crippen LogP contribution is 2.17. The number of carbonyl (C=O) groups excluding carboxylic acids is 1. The van der Waals surface area contributed by atoms with E-state index >= 15 is 0 Å². The first-order valence-corrected chi connectivity index (χ1v) is 8.40. The van der Waals surface area contributed by atoms with Crippen molar-refractivity contribution in [1.82, 2.24) is 14.7 Å². The number of amides is 1. The molecule has 118 valence electrons. The van der Waals surface area contributed by atoms with Crippen molar-refractivity contribution in [2.24, 2.45) is 0 Å². The lowest BCUT2D eigenvalue weighted by atomic mass is 10.1. The molecule has 1 aliphatic heterocycles. The fraction of sp³-hybridized carbons (Fsp3) is 0.533. The fourth-order valence-corrected chi connectivity index (χ4v) is 3.34. The van der Waals surface area contributed by atoms with Crippen LogP contribution in [0.25, 0.3) is 4.96 Å². The molecule has 1 aliphatic rings. The van der Waals surface area contributed by atoms with Crippen LogP contribution in [0.2, 0.25) is 0 Å². The van der Waals surface area contributed by atoms with Gasteiger partial charge in [-0.2, -0.15) is 0 Å². The minimum atomic E-state index is -0.363. The predicted molar refractivity (Wildman–Crippen MR) is 84.5 cm³/mol. The molecule has 1 fully saturated rings. The zero-order valence-corrected chi connectivity index (χ0v) is 13.3. The summed E-state index contributed by atoms with van der Waals surface area (Å²) in [6.45, 7) is 2.79. The van der Waals surface area contributed by atoms with Crippen molar-refractivity contribution in [3.63, 3.8) is 0 Å². The predicted octanol–water partition coefficient (Wildman–Crippen LogP) is 1.83. The van der Waals surface area contributed by atoms with Gasteiger partial charge in [-0.1, -0.05) is 0 Å². The second kappa shape index (κ2) is 6.58. The maximum absolute atomic E-state index is 12.2. The van der Waals surface area contributed by atoms with Crippen LogP contribution in [0, 0.1) is 0 Å². The molecule has 0 aliphatic carbocycles. The van der Waals surface area contributed by atoms with Gasteiger partial charge in [0.1, 0.15) is 5.56 Å². The van der Waals surface area contributed by atoms with Gasteiger partial charge in [-0.3, -0.25) is 14.0 Å². The molecule has 0 unspecified atom stereocenters. The molecular weight excluding hydrogens is 302 g/mol. The highest BCUT2D eigenvalue weighted by Gasteiger charge is 2.19. The van der Waals surface area contributed by atoms with Crippen molar-refractivity contribution in [3.8, 4) is 0 Å². The number of carbonyl (C=O) groups is 1. The van der Waals surface area contributed by atoms with Gasteiger partial charge in [0.2, 0.25) is 0 Å². The number of hydrogen-bond acceptors (Lipinski definition) is 5. The molecule has 2 atom stereocenters. The first-order valence-electron chi connectivity index (χ1n) is 7.52. The van der Waals surface area contributed by atoms with Gasteiger partial charge in [0.05, 0.1) is 6.10 Å². The zero-order chi connectivity index (χ0) is 15.5. The van der Waals surface area contributed by atoms with E-state index in [1.807, 2.05) is 6.92 Å². The molecule has 1 N–H and O–H groups in total. The Morgan fingerprint density at radius 1 is 1.64 bits per heavy atom. The molecule has 1 saturated heterocycles. The molecule has 7 heteroatoms. The Labute approximate surface area is 132 Å². The van der Waals surface area contributed by atoms with E-state index in [4.69, 9.17) is 4.74 Å². The molecular formula is C15H19N3O3S. The standard InChI is InChI=1S/C15H19N3O3S/c1-10(4-5-11-3-2-7-21-11)17-13(19)12-9-16-15-18(14(12)20)6-8-22-15/h6,8-11H,2-5,7H2,1H3,(H,17,19)/t10-,11+/m1/s1. The highest BCUT2D eigenvalue weighted by molar-refractivity contribution is 7.15. The van der Waals surface area contributed by atoms with E-state index in [1.165, 1.54) is 21.9 Å². The van der Waals surface area contributed by atoms with E-state index in [-0.39, 0.29) is 23.1 Å². The lowest BCUT2D eigenvalue weighted by molar-refractivity contribution is 0.0898. The number of hydrogen-bond donors (Lipinski definition) is 1. The van der Waals surface area contributed by atoms with Gasteiger partial charge in [0.25, 0.3) is 11.5 Å². The van der Waals surface area contributed by atoms with E-state index in [0.717, 1.165) is 32.3 Å². The van der Waals surface area contributed by atoms with Gasteiger partial charge < -0.3 is 10.1 Å². The van der Waals surface area contributed by atoms with Crippen molar-refractivity contribution in [1.29, 1.82) is 0 Å². The molecule has 0 spiro atoms. The number of thiazole rings is 1. The summed E-state index contributed by atoms with van der Waals surface area (Å²) < 4.78 is 6.98. The summed E-state index contributed by atoms with van der Waals surface area (Å²) in [6.07, 6.45) is 7.29. The lowest BCUT2D eigenvalue weighted by Gasteiger charge is -2.16. The van der Waals surface area contributed by atoms with Crippen LogP contribution in [-0.2, 0) is 4.74 Å². The van der Waals surface area contributed by atoms with Gasteiger partial charge >= 0.3 is 0 Å². The van der Waals surface area contributed by atoms with Crippen molar-refractivity contribution in [2.75, 3.05) is 6.61 Å². The summed E-state index contributed by atoms with van der Waals surface area (Å²) >= 11 is 1.36. The molecule has 3 heterocycles. The summed E-state index contributed by atoms with van der Waals surface area (Å²) in [5.41, 5.74) is -0.241. The van der Waals surface area contributed by atoms with Crippen LogP contribution >= 0.6 is 11.3 Å². The van der Waals surface area contributed by atoms with Crippen LogP contribution in [0.5, 0.6) is 0 Å². The Balaban J connectivity index is 1.62. The van der Waals surface area contributed by atoms with E-state index in [1.54, 1.807) is 11.6 Å². The highest BCUT2D eigenvalue weighted by atomic mass is 32.1. The van der Waals surface area contributed by atoms with Crippen molar-refractivity contribution < 1.29 is 9.53 Å². The van der Waals surface area contributed by atoms with Gasteiger partial charge in [-0.15, -0.1) is 11.3 Å². The van der Waals surface area contributed by atoms with Crippen molar-refractivity contribution in [3.05, 3.63) is 33.7 Å². The number of fused-ring (bicyclic) bond motifs is 1. The average Bonchev–Trinajstić information content (AvgIpc) is 3.17. The molecule has 2 aromatic heterocycles. The first-order chi connectivity index (χ1) is 10.6. The van der Waals surface area contributed by atoms with Crippen molar-refractivity contribution >= 4 is 22.2 Å². The molecule has 0 radical (unpaired) electrons. The number of ether oxygens (including phenoxy) is 1. The summed E-state index contributed by atoms with van der Waals surface area (Å²) in [5.74, 6) is -0.363. The van der Waals surface area contributed by atoms with Crippen LogP contribution in [0.3, 0.4) is 0 Å². The molecule has 0 saturated carbocycles. The van der Waals surface area contributed by atoms with Gasteiger partial charge in [-0.05, 0) is 32.6 Å². The SMILES string of the molecule is C[C@H](CC[C@@H]1CCCO1)NC(=O)c1cnc2sccn2c1=O. The second-order valence-electron chi connectivity index (χ2n) is 5.62. The first kappa shape index (κ1) is 15.2. The Morgan fingerprint density at radius 2 is 2.50 bits per heavy atom. The van der Waals surface area contributed by atoms with Crippen LogP contribution in [0.4, 0.5) is 0 Å². The summed E-state index contributed by atoms with van der Waals surface area (Å²) in [7, 11) is 0. The Hall–Kier alpha value is -1.73. The van der Waals surface area contributed by atoms with Gasteiger partial charge in [-0.25, -0.2) is 4.98 Å². The number of aromatic nitrogens is 2. The minimum absolute atomic E-state index is 0.000674. The number of rotatable bonds is 5. The monoisotopic (exact) mass is 321 g/mol. The van der Waals surface area contributed by atoms with Crippen LogP contribution < -0.4 is 10.9 Å². The van der Waals surface area contributed by atoms with Crippen molar-refractivity contribution in [2.45, 2.75) is 44.8 Å². The van der Waals surface area contributed by atoms with E-state index < -0.39 is 0 Å². The Kier molecular flexibility index (Phi) is 4.54. The second-order valence-corrected chi connectivity index (χ2v) is 6.49. The Bertz CT molecular complexity index is 718. The maximum Gasteiger partial charge on any atom is 0.271 e. The van der Waals surface area contributed by atoms with Crippen LogP contribution in [0.15, 0.2) is 22.6 Å². The molecule has 6 nitrogen and oxygen atoms in total. The third-order valence-electron chi connectivity index (χ3n) is 3.91.